The molecule has 0 spiro atoms. The molecule has 0 saturated carbocycles. The fourth-order valence-corrected chi connectivity index (χ4v) is 4.34. The number of fused-ring (bicyclic) bond motifs is 1. The maximum Gasteiger partial charge on any atom is 0.245 e. The highest BCUT2D eigenvalue weighted by Gasteiger charge is 2.26. The third-order valence-electron chi connectivity index (χ3n) is 5.97. The standard InChI is InChI=1S/C23H33N3O2/c1-16-7-6-12-26(3)23(28)21(25-22(27)11-10-17(2)13-16)14-18-15-24-20-9-5-4-8-19(18)20/h4-5,8-9,15-17,21,24H,6-7,10-14H2,1-3H3,(H,25,27)/t16?,17-,21-/m0/s1. The van der Waals surface area contributed by atoms with Crippen LogP contribution < -0.4 is 5.32 Å². The molecule has 1 aromatic heterocycles. The summed E-state index contributed by atoms with van der Waals surface area (Å²) in [4.78, 5) is 30.7. The Hall–Kier alpha value is -2.30. The maximum absolute atomic E-state index is 13.1. The van der Waals surface area contributed by atoms with Crippen molar-refractivity contribution < 1.29 is 9.59 Å². The van der Waals surface area contributed by atoms with E-state index in [1.807, 2.05) is 31.4 Å². The number of aromatic nitrogens is 1. The van der Waals surface area contributed by atoms with Gasteiger partial charge in [0.2, 0.25) is 11.8 Å². The minimum absolute atomic E-state index is 0.00132. The second kappa shape index (κ2) is 9.26. The first-order valence-electron chi connectivity index (χ1n) is 10.5. The molecular formula is C23H33N3O2. The normalized spacial score (nSPS) is 25.7. The van der Waals surface area contributed by atoms with Gasteiger partial charge in [-0.15, -0.1) is 0 Å². The van der Waals surface area contributed by atoms with Crippen LogP contribution in [0.4, 0.5) is 0 Å². The quantitative estimate of drug-likeness (QED) is 0.826. The molecule has 0 radical (unpaired) electrons. The Labute approximate surface area is 167 Å². The lowest BCUT2D eigenvalue weighted by Crippen LogP contribution is -2.48. The van der Waals surface area contributed by atoms with Gasteiger partial charge in [0.15, 0.2) is 0 Å². The predicted molar refractivity (Wildman–Crippen MR) is 113 cm³/mol. The molecule has 152 valence electrons. The molecule has 1 unspecified atom stereocenters. The first kappa shape index (κ1) is 20.4. The lowest BCUT2D eigenvalue weighted by atomic mass is 9.90. The van der Waals surface area contributed by atoms with Gasteiger partial charge in [-0.25, -0.2) is 0 Å². The van der Waals surface area contributed by atoms with Crippen LogP contribution in [0, 0.1) is 11.8 Å². The van der Waals surface area contributed by atoms with Crippen molar-refractivity contribution in [2.75, 3.05) is 13.6 Å². The van der Waals surface area contributed by atoms with Crippen molar-refractivity contribution in [3.8, 4) is 0 Å². The van der Waals surface area contributed by atoms with Crippen molar-refractivity contribution in [3.05, 3.63) is 36.0 Å². The highest BCUT2D eigenvalue weighted by atomic mass is 16.2. The fraction of sp³-hybridized carbons (Fsp3) is 0.565. The molecule has 3 atom stereocenters. The Morgan fingerprint density at radius 2 is 1.86 bits per heavy atom. The zero-order chi connectivity index (χ0) is 20.1. The van der Waals surface area contributed by atoms with Crippen molar-refractivity contribution in [1.82, 2.24) is 15.2 Å². The molecule has 5 nitrogen and oxygen atoms in total. The largest absolute Gasteiger partial charge is 0.361 e. The van der Waals surface area contributed by atoms with Gasteiger partial charge >= 0.3 is 0 Å². The van der Waals surface area contributed by atoms with Crippen LogP contribution in [-0.2, 0) is 16.0 Å². The van der Waals surface area contributed by atoms with Crippen LogP contribution in [0.3, 0.4) is 0 Å². The first-order valence-corrected chi connectivity index (χ1v) is 10.5. The van der Waals surface area contributed by atoms with Crippen LogP contribution >= 0.6 is 0 Å². The molecule has 2 heterocycles. The van der Waals surface area contributed by atoms with Gasteiger partial charge in [-0.1, -0.05) is 32.0 Å². The van der Waals surface area contributed by atoms with Gasteiger partial charge in [-0.2, -0.15) is 0 Å². The van der Waals surface area contributed by atoms with E-state index in [-0.39, 0.29) is 11.8 Å². The number of para-hydroxylation sites is 1. The Morgan fingerprint density at radius 1 is 1.11 bits per heavy atom. The Morgan fingerprint density at radius 3 is 2.68 bits per heavy atom. The second-order valence-electron chi connectivity index (χ2n) is 8.57. The fourth-order valence-electron chi connectivity index (χ4n) is 4.34. The van der Waals surface area contributed by atoms with E-state index in [4.69, 9.17) is 0 Å². The highest BCUT2D eigenvalue weighted by molar-refractivity contribution is 5.89. The number of amides is 2. The number of hydrogen-bond acceptors (Lipinski definition) is 2. The number of hydrogen-bond donors (Lipinski definition) is 2. The van der Waals surface area contributed by atoms with Gasteiger partial charge in [-0.05, 0) is 49.1 Å². The van der Waals surface area contributed by atoms with Crippen LogP contribution in [0.1, 0.15) is 51.5 Å². The summed E-state index contributed by atoms with van der Waals surface area (Å²) in [6.45, 7) is 5.24. The smallest absolute Gasteiger partial charge is 0.245 e. The summed E-state index contributed by atoms with van der Waals surface area (Å²) >= 11 is 0. The average molecular weight is 384 g/mol. The molecule has 0 bridgehead atoms. The van der Waals surface area contributed by atoms with Crippen LogP contribution in [0.25, 0.3) is 10.9 Å². The highest BCUT2D eigenvalue weighted by Crippen LogP contribution is 2.22. The van der Waals surface area contributed by atoms with E-state index in [1.54, 1.807) is 4.90 Å². The van der Waals surface area contributed by atoms with Crippen LogP contribution in [0.2, 0.25) is 0 Å². The minimum atomic E-state index is -0.523. The SMILES string of the molecule is CC1CCCN(C)C(=O)[C@H](Cc2c[nH]c3ccccc23)NC(=O)CC[C@H](C)C1. The number of H-pyrrole nitrogens is 1. The molecule has 1 saturated heterocycles. The molecule has 1 aliphatic heterocycles. The van der Waals surface area contributed by atoms with Gasteiger partial charge in [0.1, 0.15) is 6.04 Å². The summed E-state index contributed by atoms with van der Waals surface area (Å²) in [5.74, 6) is 1.13. The Bertz CT molecular complexity index is 813. The van der Waals surface area contributed by atoms with Crippen molar-refractivity contribution >= 4 is 22.7 Å². The van der Waals surface area contributed by atoms with E-state index in [0.29, 0.717) is 24.7 Å². The summed E-state index contributed by atoms with van der Waals surface area (Å²) < 4.78 is 0. The molecule has 3 rings (SSSR count). The summed E-state index contributed by atoms with van der Waals surface area (Å²) in [5.41, 5.74) is 2.12. The summed E-state index contributed by atoms with van der Waals surface area (Å²) in [6.07, 6.45) is 7.08. The Kier molecular flexibility index (Phi) is 6.76. The van der Waals surface area contributed by atoms with Gasteiger partial charge < -0.3 is 15.2 Å². The molecule has 28 heavy (non-hydrogen) atoms. The van der Waals surface area contributed by atoms with Gasteiger partial charge in [0, 0.05) is 43.5 Å². The number of rotatable bonds is 2. The third-order valence-corrected chi connectivity index (χ3v) is 5.97. The molecule has 1 fully saturated rings. The van der Waals surface area contributed by atoms with Gasteiger partial charge in [0.25, 0.3) is 0 Å². The van der Waals surface area contributed by atoms with Gasteiger partial charge in [-0.3, -0.25) is 9.59 Å². The third kappa shape index (κ3) is 5.15. The van der Waals surface area contributed by atoms with Crippen LogP contribution in [0.5, 0.6) is 0 Å². The summed E-state index contributed by atoms with van der Waals surface area (Å²) in [5, 5.41) is 4.13. The molecule has 5 heteroatoms. The monoisotopic (exact) mass is 383 g/mol. The van der Waals surface area contributed by atoms with Crippen LogP contribution in [0.15, 0.2) is 30.5 Å². The van der Waals surface area contributed by atoms with E-state index >= 15 is 0 Å². The van der Waals surface area contributed by atoms with Gasteiger partial charge in [0.05, 0.1) is 0 Å². The molecule has 0 aliphatic carbocycles. The average Bonchev–Trinajstić information content (AvgIpc) is 3.07. The second-order valence-corrected chi connectivity index (χ2v) is 8.57. The van der Waals surface area contributed by atoms with Crippen molar-refractivity contribution in [2.24, 2.45) is 11.8 Å². The van der Waals surface area contributed by atoms with E-state index in [2.05, 4.69) is 30.2 Å². The lowest BCUT2D eigenvalue weighted by molar-refractivity contribution is -0.135. The predicted octanol–water partition coefficient (Wildman–Crippen LogP) is 3.89. The summed E-state index contributed by atoms with van der Waals surface area (Å²) in [7, 11) is 1.85. The molecule has 2 N–H and O–H groups in total. The van der Waals surface area contributed by atoms with E-state index in [0.717, 1.165) is 48.7 Å². The molecule has 1 aliphatic rings. The molecular weight excluding hydrogens is 350 g/mol. The number of carbonyl (C=O) groups is 2. The molecule has 2 aromatic rings. The zero-order valence-electron chi connectivity index (χ0n) is 17.3. The maximum atomic E-state index is 13.1. The number of aromatic amines is 1. The van der Waals surface area contributed by atoms with Crippen molar-refractivity contribution in [2.45, 2.75) is 58.4 Å². The van der Waals surface area contributed by atoms with E-state index in [9.17, 15) is 9.59 Å². The van der Waals surface area contributed by atoms with E-state index < -0.39 is 6.04 Å². The Balaban J connectivity index is 1.79. The number of nitrogens with one attached hydrogen (secondary N) is 2. The number of likely N-dealkylation sites (N-methyl/N-ethyl adjacent to an activating group) is 1. The molecule has 2 amide bonds. The zero-order valence-corrected chi connectivity index (χ0v) is 17.3. The topological polar surface area (TPSA) is 65.2 Å². The summed E-state index contributed by atoms with van der Waals surface area (Å²) in [6, 6.07) is 7.55. The lowest BCUT2D eigenvalue weighted by Gasteiger charge is -2.25. The number of carbonyl (C=O) groups excluding carboxylic acids is 2. The minimum Gasteiger partial charge on any atom is -0.361 e. The molecule has 1 aromatic carbocycles. The van der Waals surface area contributed by atoms with Crippen molar-refractivity contribution in [1.29, 1.82) is 0 Å². The van der Waals surface area contributed by atoms with Crippen LogP contribution in [-0.4, -0.2) is 41.3 Å². The number of nitrogens with zero attached hydrogens (tertiary/aromatic N) is 1. The first-order chi connectivity index (χ1) is 13.4. The van der Waals surface area contributed by atoms with E-state index in [1.165, 1.54) is 0 Å². The number of benzene rings is 1. The van der Waals surface area contributed by atoms with Crippen molar-refractivity contribution in [3.63, 3.8) is 0 Å².